The molecule has 1 heterocycles. The number of rotatable bonds is 5. The van der Waals surface area contributed by atoms with E-state index in [-0.39, 0.29) is 6.10 Å². The van der Waals surface area contributed by atoms with E-state index in [1.54, 1.807) is 0 Å². The molecule has 0 amide bonds. The molecular weight excluding hydrogens is 188 g/mol. The van der Waals surface area contributed by atoms with E-state index in [4.69, 9.17) is 0 Å². The Bertz CT molecular complexity index is 173. The van der Waals surface area contributed by atoms with Crippen LogP contribution in [0.5, 0.6) is 0 Å². The third-order valence-corrected chi connectivity index (χ3v) is 3.57. The Hall–Kier alpha value is -0.120. The molecule has 0 radical (unpaired) electrons. The van der Waals surface area contributed by atoms with Gasteiger partial charge in [-0.3, -0.25) is 0 Å². The monoisotopic (exact) mass is 214 g/mol. The summed E-state index contributed by atoms with van der Waals surface area (Å²) >= 11 is 0. The molecule has 1 aliphatic heterocycles. The van der Waals surface area contributed by atoms with Crippen LogP contribution in [0.2, 0.25) is 0 Å². The summed E-state index contributed by atoms with van der Waals surface area (Å²) in [5.41, 5.74) is 0. The lowest BCUT2D eigenvalue weighted by Crippen LogP contribution is -2.44. The van der Waals surface area contributed by atoms with Crippen molar-refractivity contribution in [2.75, 3.05) is 26.7 Å². The first-order valence-corrected chi connectivity index (χ1v) is 6.21. The molecule has 3 heteroatoms. The highest BCUT2D eigenvalue weighted by Crippen LogP contribution is 2.19. The molecule has 1 rings (SSSR count). The van der Waals surface area contributed by atoms with Crippen LogP contribution in [0.3, 0.4) is 0 Å². The fourth-order valence-corrected chi connectivity index (χ4v) is 2.31. The number of nitrogens with zero attached hydrogens (tertiary/aromatic N) is 1. The molecule has 0 aromatic carbocycles. The summed E-state index contributed by atoms with van der Waals surface area (Å²) in [6.07, 6.45) is 3.39. The van der Waals surface area contributed by atoms with Crippen molar-refractivity contribution in [3.63, 3.8) is 0 Å². The van der Waals surface area contributed by atoms with Crippen molar-refractivity contribution in [2.24, 2.45) is 5.92 Å². The van der Waals surface area contributed by atoms with Crippen molar-refractivity contribution in [1.82, 2.24) is 10.2 Å². The molecule has 0 saturated carbocycles. The number of likely N-dealkylation sites (tertiary alicyclic amines) is 1. The van der Waals surface area contributed by atoms with Gasteiger partial charge in [0.25, 0.3) is 0 Å². The number of piperidine rings is 1. The zero-order chi connectivity index (χ0) is 11.3. The quantitative estimate of drug-likeness (QED) is 0.719. The van der Waals surface area contributed by atoms with Gasteiger partial charge in [0.2, 0.25) is 0 Å². The Kier molecular flexibility index (Phi) is 5.58. The molecule has 2 N–H and O–H groups in total. The minimum absolute atomic E-state index is 0.160. The maximum Gasteiger partial charge on any atom is 0.0524 e. The average Bonchev–Trinajstić information content (AvgIpc) is 2.25. The largest absolute Gasteiger partial charge is 0.393 e. The van der Waals surface area contributed by atoms with E-state index in [1.807, 2.05) is 14.0 Å². The van der Waals surface area contributed by atoms with Crippen molar-refractivity contribution < 1.29 is 5.11 Å². The number of aliphatic hydroxyl groups excluding tert-OH is 1. The Morgan fingerprint density at radius 2 is 2.20 bits per heavy atom. The molecule has 3 unspecified atom stereocenters. The van der Waals surface area contributed by atoms with E-state index in [2.05, 4.69) is 17.1 Å². The van der Waals surface area contributed by atoms with Crippen molar-refractivity contribution >= 4 is 0 Å². The third-order valence-electron chi connectivity index (χ3n) is 3.57. The summed E-state index contributed by atoms with van der Waals surface area (Å²) in [5, 5.41) is 12.6. The number of nitrogens with one attached hydrogen (secondary N) is 1. The molecule has 90 valence electrons. The molecule has 1 aliphatic rings. The van der Waals surface area contributed by atoms with E-state index in [0.29, 0.717) is 6.04 Å². The fraction of sp³-hybridized carbons (Fsp3) is 1.00. The lowest BCUT2D eigenvalue weighted by molar-refractivity contribution is 0.118. The van der Waals surface area contributed by atoms with Gasteiger partial charge < -0.3 is 15.3 Å². The van der Waals surface area contributed by atoms with Gasteiger partial charge in [-0.05, 0) is 52.6 Å². The molecule has 0 aliphatic carbocycles. The van der Waals surface area contributed by atoms with E-state index in [9.17, 15) is 5.11 Å². The summed E-state index contributed by atoms with van der Waals surface area (Å²) in [6.45, 7) is 7.58. The molecule has 3 atom stereocenters. The highest BCUT2D eigenvalue weighted by molar-refractivity contribution is 4.79. The standard InChI is InChI=1S/C12H26N2O/c1-10(15)6-8-14-7-4-5-12(9-14)11(2)13-3/h10-13,15H,4-9H2,1-3H3. The van der Waals surface area contributed by atoms with Crippen LogP contribution in [0.25, 0.3) is 0 Å². The van der Waals surface area contributed by atoms with Crippen molar-refractivity contribution in [3.05, 3.63) is 0 Å². The van der Waals surface area contributed by atoms with E-state index in [0.717, 1.165) is 18.9 Å². The topological polar surface area (TPSA) is 35.5 Å². The van der Waals surface area contributed by atoms with Gasteiger partial charge >= 0.3 is 0 Å². The molecular formula is C12H26N2O. The van der Waals surface area contributed by atoms with Gasteiger partial charge in [-0.2, -0.15) is 0 Å². The number of hydrogen-bond donors (Lipinski definition) is 2. The van der Waals surface area contributed by atoms with Crippen LogP contribution in [0.1, 0.15) is 33.1 Å². The van der Waals surface area contributed by atoms with Gasteiger partial charge in [0.1, 0.15) is 0 Å². The zero-order valence-corrected chi connectivity index (χ0v) is 10.4. The lowest BCUT2D eigenvalue weighted by Gasteiger charge is -2.35. The number of hydrogen-bond acceptors (Lipinski definition) is 3. The van der Waals surface area contributed by atoms with Crippen LogP contribution in [0.15, 0.2) is 0 Å². The Morgan fingerprint density at radius 3 is 2.80 bits per heavy atom. The van der Waals surface area contributed by atoms with Gasteiger partial charge in [0.05, 0.1) is 6.10 Å². The normalized spacial score (nSPS) is 27.6. The Balaban J connectivity index is 2.29. The number of aliphatic hydroxyl groups is 1. The molecule has 0 aromatic rings. The van der Waals surface area contributed by atoms with Gasteiger partial charge in [0.15, 0.2) is 0 Å². The van der Waals surface area contributed by atoms with Crippen LogP contribution in [0, 0.1) is 5.92 Å². The average molecular weight is 214 g/mol. The van der Waals surface area contributed by atoms with Gasteiger partial charge in [-0.1, -0.05) is 0 Å². The first-order chi connectivity index (χ1) is 7.13. The van der Waals surface area contributed by atoms with E-state index >= 15 is 0 Å². The SMILES string of the molecule is CNC(C)C1CCCN(CCC(C)O)C1. The van der Waals surface area contributed by atoms with Crippen LogP contribution in [-0.4, -0.2) is 48.8 Å². The minimum Gasteiger partial charge on any atom is -0.393 e. The molecule has 15 heavy (non-hydrogen) atoms. The third kappa shape index (κ3) is 4.49. The second-order valence-electron chi connectivity index (χ2n) is 4.92. The van der Waals surface area contributed by atoms with Crippen LogP contribution in [0.4, 0.5) is 0 Å². The van der Waals surface area contributed by atoms with Crippen LogP contribution in [-0.2, 0) is 0 Å². The van der Waals surface area contributed by atoms with Crippen molar-refractivity contribution in [3.8, 4) is 0 Å². The lowest BCUT2D eigenvalue weighted by atomic mass is 9.91. The van der Waals surface area contributed by atoms with E-state index < -0.39 is 0 Å². The Labute approximate surface area is 93.9 Å². The highest BCUT2D eigenvalue weighted by Gasteiger charge is 2.23. The second-order valence-corrected chi connectivity index (χ2v) is 4.92. The van der Waals surface area contributed by atoms with E-state index in [1.165, 1.54) is 25.9 Å². The van der Waals surface area contributed by atoms with Crippen LogP contribution < -0.4 is 5.32 Å². The van der Waals surface area contributed by atoms with Gasteiger partial charge in [0, 0.05) is 19.1 Å². The van der Waals surface area contributed by atoms with Crippen molar-refractivity contribution in [1.29, 1.82) is 0 Å². The summed E-state index contributed by atoms with van der Waals surface area (Å²) in [7, 11) is 2.04. The minimum atomic E-state index is -0.160. The summed E-state index contributed by atoms with van der Waals surface area (Å²) in [4.78, 5) is 2.49. The molecule has 0 aromatic heterocycles. The predicted molar refractivity (Wildman–Crippen MR) is 64.0 cm³/mol. The van der Waals surface area contributed by atoms with Gasteiger partial charge in [-0.15, -0.1) is 0 Å². The van der Waals surface area contributed by atoms with Crippen molar-refractivity contribution in [2.45, 2.75) is 45.3 Å². The maximum atomic E-state index is 9.27. The summed E-state index contributed by atoms with van der Waals surface area (Å²) in [5.74, 6) is 0.776. The highest BCUT2D eigenvalue weighted by atomic mass is 16.3. The predicted octanol–water partition coefficient (Wildman–Crippen LogP) is 1.08. The fourth-order valence-electron chi connectivity index (χ4n) is 2.31. The molecule has 0 spiro atoms. The summed E-state index contributed by atoms with van der Waals surface area (Å²) in [6, 6.07) is 0.611. The molecule has 3 nitrogen and oxygen atoms in total. The first-order valence-electron chi connectivity index (χ1n) is 6.21. The van der Waals surface area contributed by atoms with Crippen LogP contribution >= 0.6 is 0 Å². The molecule has 1 saturated heterocycles. The van der Waals surface area contributed by atoms with Gasteiger partial charge in [-0.25, -0.2) is 0 Å². The first kappa shape index (κ1) is 12.9. The molecule has 0 bridgehead atoms. The smallest absolute Gasteiger partial charge is 0.0524 e. The summed E-state index contributed by atoms with van der Waals surface area (Å²) < 4.78 is 0. The second kappa shape index (κ2) is 6.46. The zero-order valence-electron chi connectivity index (χ0n) is 10.4. The Morgan fingerprint density at radius 1 is 1.47 bits per heavy atom. The maximum absolute atomic E-state index is 9.27. The molecule has 1 fully saturated rings.